The average Bonchev–Trinajstić information content (AvgIpc) is 2.62. The van der Waals surface area contributed by atoms with Crippen LogP contribution in [0.2, 0.25) is 0 Å². The molecule has 2 rings (SSSR count). The SMILES string of the molecule is Cc1ccc(C(=O)N(C)C2CCCNCC2)n1C.Cl. The maximum Gasteiger partial charge on any atom is 0.270 e. The monoisotopic (exact) mass is 285 g/mol. The molecule has 0 aromatic carbocycles. The Kier molecular flexibility index (Phi) is 5.88. The lowest BCUT2D eigenvalue weighted by Gasteiger charge is -2.27. The van der Waals surface area contributed by atoms with Crippen molar-refractivity contribution in [1.82, 2.24) is 14.8 Å². The standard InChI is InChI=1S/C14H23N3O.ClH/c1-11-6-7-13(16(11)2)14(18)17(3)12-5-4-9-15-10-8-12;/h6-7,12,15H,4-5,8-10H2,1-3H3;1H. The molecule has 0 saturated carbocycles. The summed E-state index contributed by atoms with van der Waals surface area (Å²) in [6.45, 7) is 4.10. The number of halogens is 1. The second-order valence-corrected chi connectivity index (χ2v) is 5.17. The molecule has 1 amide bonds. The van der Waals surface area contributed by atoms with Gasteiger partial charge in [0.25, 0.3) is 5.91 Å². The van der Waals surface area contributed by atoms with E-state index in [1.807, 2.05) is 42.6 Å². The second kappa shape index (κ2) is 6.96. The molecule has 108 valence electrons. The van der Waals surface area contributed by atoms with Crippen LogP contribution < -0.4 is 5.32 Å². The van der Waals surface area contributed by atoms with E-state index in [-0.39, 0.29) is 18.3 Å². The number of hydrogen-bond donors (Lipinski definition) is 1. The minimum Gasteiger partial charge on any atom is -0.344 e. The highest BCUT2D eigenvalue weighted by molar-refractivity contribution is 5.93. The minimum absolute atomic E-state index is 0. The second-order valence-electron chi connectivity index (χ2n) is 5.17. The Bertz CT molecular complexity index is 422. The van der Waals surface area contributed by atoms with E-state index in [0.717, 1.165) is 43.7 Å². The van der Waals surface area contributed by atoms with E-state index in [0.29, 0.717) is 6.04 Å². The molecule has 1 atom stereocenters. The predicted molar refractivity (Wildman–Crippen MR) is 80.0 cm³/mol. The van der Waals surface area contributed by atoms with Crippen molar-refractivity contribution in [2.75, 3.05) is 20.1 Å². The molecule has 0 spiro atoms. The van der Waals surface area contributed by atoms with Crippen LogP contribution >= 0.6 is 12.4 Å². The van der Waals surface area contributed by atoms with Gasteiger partial charge in [-0.25, -0.2) is 0 Å². The molecule has 0 bridgehead atoms. The maximum absolute atomic E-state index is 12.5. The Hall–Kier alpha value is -1.00. The van der Waals surface area contributed by atoms with Gasteiger partial charge in [-0.05, 0) is 51.4 Å². The van der Waals surface area contributed by atoms with Crippen molar-refractivity contribution in [2.45, 2.75) is 32.2 Å². The van der Waals surface area contributed by atoms with Gasteiger partial charge >= 0.3 is 0 Å². The lowest BCUT2D eigenvalue weighted by Crippen LogP contribution is -2.38. The Labute approximate surface area is 121 Å². The van der Waals surface area contributed by atoms with Crippen LogP contribution in [-0.2, 0) is 7.05 Å². The fraction of sp³-hybridized carbons (Fsp3) is 0.643. The number of aryl methyl sites for hydroxylation is 1. The van der Waals surface area contributed by atoms with Crippen molar-refractivity contribution in [1.29, 1.82) is 0 Å². The molecule has 0 radical (unpaired) electrons. The Morgan fingerprint density at radius 2 is 2.11 bits per heavy atom. The van der Waals surface area contributed by atoms with Crippen molar-refractivity contribution < 1.29 is 4.79 Å². The molecule has 1 aliphatic heterocycles. The highest BCUT2D eigenvalue weighted by Crippen LogP contribution is 2.16. The van der Waals surface area contributed by atoms with Crippen LogP contribution in [0.4, 0.5) is 0 Å². The van der Waals surface area contributed by atoms with E-state index in [1.54, 1.807) is 0 Å². The molecule has 4 nitrogen and oxygen atoms in total. The van der Waals surface area contributed by atoms with Crippen LogP contribution in [0.5, 0.6) is 0 Å². The first-order chi connectivity index (χ1) is 8.61. The molecule has 1 aromatic rings. The molecule has 0 aliphatic carbocycles. The Balaban J connectivity index is 0.00000180. The lowest BCUT2D eigenvalue weighted by molar-refractivity contribution is 0.0710. The summed E-state index contributed by atoms with van der Waals surface area (Å²) in [5.74, 6) is 0.137. The Morgan fingerprint density at radius 3 is 2.74 bits per heavy atom. The van der Waals surface area contributed by atoms with Crippen LogP contribution in [0.25, 0.3) is 0 Å². The van der Waals surface area contributed by atoms with E-state index < -0.39 is 0 Å². The zero-order chi connectivity index (χ0) is 13.1. The molecule has 1 aromatic heterocycles. The predicted octanol–water partition coefficient (Wildman–Crippen LogP) is 1.97. The summed E-state index contributed by atoms with van der Waals surface area (Å²) in [7, 11) is 3.88. The lowest BCUT2D eigenvalue weighted by atomic mass is 10.1. The molecule has 5 heteroatoms. The summed E-state index contributed by atoms with van der Waals surface area (Å²) in [5.41, 5.74) is 1.90. The normalized spacial score (nSPS) is 19.4. The summed E-state index contributed by atoms with van der Waals surface area (Å²) in [4.78, 5) is 14.4. The first-order valence-corrected chi connectivity index (χ1v) is 6.71. The fourth-order valence-electron chi connectivity index (χ4n) is 2.56. The number of nitrogens with one attached hydrogen (secondary N) is 1. The van der Waals surface area contributed by atoms with Crippen LogP contribution in [0.3, 0.4) is 0 Å². The van der Waals surface area contributed by atoms with Gasteiger partial charge in [0.2, 0.25) is 0 Å². The minimum atomic E-state index is 0. The number of rotatable bonds is 2. The zero-order valence-electron chi connectivity index (χ0n) is 12.0. The van der Waals surface area contributed by atoms with Gasteiger partial charge in [0.15, 0.2) is 0 Å². The summed E-state index contributed by atoms with van der Waals surface area (Å²) >= 11 is 0. The van der Waals surface area contributed by atoms with E-state index in [9.17, 15) is 4.79 Å². The molecule has 1 unspecified atom stereocenters. The Morgan fingerprint density at radius 1 is 1.37 bits per heavy atom. The highest BCUT2D eigenvalue weighted by atomic mass is 35.5. The zero-order valence-corrected chi connectivity index (χ0v) is 12.8. The highest BCUT2D eigenvalue weighted by Gasteiger charge is 2.23. The number of aromatic nitrogens is 1. The van der Waals surface area contributed by atoms with Gasteiger partial charge in [-0.15, -0.1) is 12.4 Å². The van der Waals surface area contributed by atoms with Gasteiger partial charge in [-0.1, -0.05) is 0 Å². The van der Waals surface area contributed by atoms with Gasteiger partial charge in [0, 0.05) is 25.8 Å². The smallest absolute Gasteiger partial charge is 0.270 e. The number of nitrogens with zero attached hydrogens (tertiary/aromatic N) is 2. The number of hydrogen-bond acceptors (Lipinski definition) is 2. The third-order valence-corrected chi connectivity index (χ3v) is 4.01. The third-order valence-electron chi connectivity index (χ3n) is 4.01. The van der Waals surface area contributed by atoms with Crippen LogP contribution in [-0.4, -0.2) is 41.6 Å². The van der Waals surface area contributed by atoms with Crippen molar-refractivity contribution in [3.63, 3.8) is 0 Å². The third kappa shape index (κ3) is 3.51. The van der Waals surface area contributed by atoms with Crippen LogP contribution in [0.1, 0.15) is 35.4 Å². The largest absolute Gasteiger partial charge is 0.344 e. The van der Waals surface area contributed by atoms with Gasteiger partial charge in [0.05, 0.1) is 0 Å². The topological polar surface area (TPSA) is 37.3 Å². The molecular formula is C14H24ClN3O. The van der Waals surface area contributed by atoms with Crippen molar-refractivity contribution in [3.8, 4) is 0 Å². The molecule has 1 fully saturated rings. The fourth-order valence-corrected chi connectivity index (χ4v) is 2.56. The molecule has 1 aliphatic rings. The quantitative estimate of drug-likeness (QED) is 0.902. The summed E-state index contributed by atoms with van der Waals surface area (Å²) in [5, 5.41) is 3.38. The van der Waals surface area contributed by atoms with E-state index >= 15 is 0 Å². The van der Waals surface area contributed by atoms with Gasteiger partial charge < -0.3 is 14.8 Å². The maximum atomic E-state index is 12.5. The number of amides is 1. The molecule has 19 heavy (non-hydrogen) atoms. The van der Waals surface area contributed by atoms with Gasteiger partial charge in [-0.2, -0.15) is 0 Å². The van der Waals surface area contributed by atoms with Gasteiger partial charge in [-0.3, -0.25) is 4.79 Å². The molecule has 2 heterocycles. The first kappa shape index (κ1) is 16.1. The summed E-state index contributed by atoms with van der Waals surface area (Å²) in [6.07, 6.45) is 3.29. The van der Waals surface area contributed by atoms with E-state index in [2.05, 4.69) is 5.32 Å². The van der Waals surface area contributed by atoms with Gasteiger partial charge in [0.1, 0.15) is 5.69 Å². The van der Waals surface area contributed by atoms with Crippen molar-refractivity contribution in [2.24, 2.45) is 7.05 Å². The molecule has 1 saturated heterocycles. The summed E-state index contributed by atoms with van der Waals surface area (Å²) < 4.78 is 1.97. The van der Waals surface area contributed by atoms with Crippen molar-refractivity contribution in [3.05, 3.63) is 23.5 Å². The number of carbonyl (C=O) groups excluding carboxylic acids is 1. The summed E-state index contributed by atoms with van der Waals surface area (Å²) in [6, 6.07) is 4.28. The van der Waals surface area contributed by atoms with Crippen LogP contribution in [0.15, 0.2) is 12.1 Å². The number of carbonyl (C=O) groups is 1. The van der Waals surface area contributed by atoms with Crippen molar-refractivity contribution >= 4 is 18.3 Å². The van der Waals surface area contributed by atoms with E-state index in [4.69, 9.17) is 0 Å². The average molecular weight is 286 g/mol. The molecule has 1 N–H and O–H groups in total. The molecular weight excluding hydrogens is 262 g/mol. The first-order valence-electron chi connectivity index (χ1n) is 6.71. The van der Waals surface area contributed by atoms with E-state index in [1.165, 1.54) is 0 Å². The van der Waals surface area contributed by atoms with Crippen LogP contribution in [0, 0.1) is 6.92 Å².